The number of amides is 2. The van der Waals surface area contributed by atoms with Gasteiger partial charge in [0.1, 0.15) is 0 Å². The number of nitrogens with zero attached hydrogens (tertiary/aromatic N) is 3. The SMILES string of the molecule is CN1CCC1Cn1ccc(S(=O)(=O)NC(=O)Nc2c3c(cc4c2CCC4)CCC3)n1. The third-order valence-electron chi connectivity index (χ3n) is 6.67. The van der Waals surface area contributed by atoms with Gasteiger partial charge in [0.05, 0.1) is 6.54 Å². The number of benzene rings is 1. The lowest BCUT2D eigenvalue weighted by Crippen LogP contribution is -2.47. The van der Waals surface area contributed by atoms with E-state index in [0.717, 1.165) is 68.3 Å². The van der Waals surface area contributed by atoms with Crippen LogP contribution in [0.2, 0.25) is 0 Å². The normalized spacial score (nSPS) is 20.5. The summed E-state index contributed by atoms with van der Waals surface area (Å²) in [5.74, 6) is 0. The van der Waals surface area contributed by atoms with Crippen LogP contribution in [0, 0.1) is 0 Å². The van der Waals surface area contributed by atoms with Gasteiger partial charge in [0.25, 0.3) is 10.0 Å². The van der Waals surface area contributed by atoms with Crippen LogP contribution in [0.3, 0.4) is 0 Å². The summed E-state index contributed by atoms with van der Waals surface area (Å²) in [4.78, 5) is 14.8. The molecule has 1 aromatic heterocycles. The molecular weight excluding hydrogens is 402 g/mol. The Labute approximate surface area is 176 Å². The monoisotopic (exact) mass is 429 g/mol. The molecule has 30 heavy (non-hydrogen) atoms. The van der Waals surface area contributed by atoms with Crippen LogP contribution in [0.5, 0.6) is 0 Å². The van der Waals surface area contributed by atoms with Gasteiger partial charge in [0.2, 0.25) is 0 Å². The predicted molar refractivity (Wildman–Crippen MR) is 113 cm³/mol. The van der Waals surface area contributed by atoms with Gasteiger partial charge in [-0.05, 0) is 86.9 Å². The zero-order valence-corrected chi connectivity index (χ0v) is 18.0. The Hall–Kier alpha value is -2.39. The van der Waals surface area contributed by atoms with Crippen LogP contribution in [0.25, 0.3) is 0 Å². The molecule has 0 spiro atoms. The van der Waals surface area contributed by atoms with Gasteiger partial charge in [0, 0.05) is 17.9 Å². The average Bonchev–Trinajstić information content (AvgIpc) is 3.44. The minimum atomic E-state index is -4.03. The molecule has 8 nitrogen and oxygen atoms in total. The molecule has 160 valence electrons. The molecule has 2 amide bonds. The maximum absolute atomic E-state index is 12.7. The van der Waals surface area contributed by atoms with E-state index in [4.69, 9.17) is 0 Å². The molecular formula is C21H27N5O3S. The van der Waals surface area contributed by atoms with E-state index >= 15 is 0 Å². The highest BCUT2D eigenvalue weighted by Gasteiger charge is 2.28. The van der Waals surface area contributed by atoms with E-state index in [1.165, 1.54) is 17.2 Å². The molecule has 2 heterocycles. The van der Waals surface area contributed by atoms with E-state index in [1.807, 2.05) is 7.05 Å². The van der Waals surface area contributed by atoms with Gasteiger partial charge in [-0.3, -0.25) is 4.68 Å². The van der Waals surface area contributed by atoms with E-state index in [1.54, 1.807) is 10.9 Å². The number of fused-ring (bicyclic) bond motifs is 2. The van der Waals surface area contributed by atoms with Crippen LogP contribution in [0.4, 0.5) is 10.5 Å². The number of carbonyl (C=O) groups is 1. The molecule has 1 saturated heterocycles. The van der Waals surface area contributed by atoms with Crippen LogP contribution < -0.4 is 10.0 Å². The third-order valence-corrected chi connectivity index (χ3v) is 7.89. The molecule has 2 aromatic rings. The maximum atomic E-state index is 12.7. The Balaban J connectivity index is 1.31. The maximum Gasteiger partial charge on any atom is 0.333 e. The van der Waals surface area contributed by atoms with Gasteiger partial charge in [-0.25, -0.2) is 9.52 Å². The number of hydrogen-bond acceptors (Lipinski definition) is 5. The van der Waals surface area contributed by atoms with Crippen LogP contribution >= 0.6 is 0 Å². The summed E-state index contributed by atoms with van der Waals surface area (Å²) >= 11 is 0. The summed E-state index contributed by atoms with van der Waals surface area (Å²) in [7, 11) is -1.99. The van der Waals surface area contributed by atoms with Crippen molar-refractivity contribution in [2.24, 2.45) is 0 Å². The van der Waals surface area contributed by atoms with Crippen LogP contribution in [0.15, 0.2) is 23.4 Å². The lowest BCUT2D eigenvalue weighted by Gasteiger charge is -2.37. The van der Waals surface area contributed by atoms with Crippen molar-refractivity contribution in [3.63, 3.8) is 0 Å². The Morgan fingerprint density at radius 2 is 1.87 bits per heavy atom. The number of urea groups is 1. The number of carbonyl (C=O) groups excluding carboxylic acids is 1. The van der Waals surface area contributed by atoms with Crippen molar-refractivity contribution in [2.75, 3.05) is 18.9 Å². The largest absolute Gasteiger partial charge is 0.333 e. The zero-order chi connectivity index (χ0) is 20.9. The fourth-order valence-corrected chi connectivity index (χ4v) is 5.74. The molecule has 5 rings (SSSR count). The molecule has 2 N–H and O–H groups in total. The number of hydrogen-bond donors (Lipinski definition) is 2. The van der Waals surface area contributed by atoms with E-state index in [9.17, 15) is 13.2 Å². The van der Waals surface area contributed by atoms with Gasteiger partial charge in [-0.15, -0.1) is 0 Å². The number of likely N-dealkylation sites (tertiary alicyclic amines) is 1. The first-order chi connectivity index (χ1) is 14.4. The summed E-state index contributed by atoms with van der Waals surface area (Å²) in [6.07, 6.45) is 8.74. The minimum absolute atomic E-state index is 0.136. The fraction of sp³-hybridized carbons (Fsp3) is 0.524. The number of sulfonamides is 1. The Kier molecular flexibility index (Phi) is 4.82. The predicted octanol–water partition coefficient (Wildman–Crippen LogP) is 2.07. The molecule has 9 heteroatoms. The molecule has 1 unspecified atom stereocenters. The number of anilines is 1. The highest BCUT2D eigenvalue weighted by molar-refractivity contribution is 7.90. The van der Waals surface area contributed by atoms with Crippen molar-refractivity contribution in [1.82, 2.24) is 19.4 Å². The molecule has 0 bridgehead atoms. The summed E-state index contributed by atoms with van der Waals surface area (Å²) in [5, 5.41) is 6.90. The van der Waals surface area contributed by atoms with E-state index in [0.29, 0.717) is 12.6 Å². The topological polar surface area (TPSA) is 96.3 Å². The smallest absolute Gasteiger partial charge is 0.307 e. The van der Waals surface area contributed by atoms with Crippen molar-refractivity contribution >= 4 is 21.7 Å². The second-order valence-electron chi connectivity index (χ2n) is 8.59. The molecule has 3 aliphatic rings. The second kappa shape index (κ2) is 7.39. The fourth-order valence-electron chi connectivity index (χ4n) is 4.89. The first-order valence-electron chi connectivity index (χ1n) is 10.6. The molecule has 0 saturated carbocycles. The zero-order valence-electron chi connectivity index (χ0n) is 17.1. The van der Waals surface area contributed by atoms with E-state index in [2.05, 4.69) is 26.1 Å². The van der Waals surface area contributed by atoms with Gasteiger partial charge < -0.3 is 10.2 Å². The number of nitrogens with one attached hydrogen (secondary N) is 2. The Bertz CT molecular complexity index is 1080. The number of aromatic nitrogens is 2. The summed E-state index contributed by atoms with van der Waals surface area (Å²) < 4.78 is 29.1. The summed E-state index contributed by atoms with van der Waals surface area (Å²) in [6.45, 7) is 1.69. The van der Waals surface area contributed by atoms with Crippen LogP contribution in [-0.2, 0) is 42.3 Å². The molecule has 0 radical (unpaired) electrons. The molecule has 1 atom stereocenters. The summed E-state index contributed by atoms with van der Waals surface area (Å²) in [5.41, 5.74) is 5.72. The number of rotatable bonds is 5. The van der Waals surface area contributed by atoms with Gasteiger partial charge in [-0.2, -0.15) is 13.5 Å². The highest BCUT2D eigenvalue weighted by atomic mass is 32.2. The van der Waals surface area contributed by atoms with E-state index < -0.39 is 16.1 Å². The van der Waals surface area contributed by atoms with Gasteiger partial charge in [-0.1, -0.05) is 6.07 Å². The van der Waals surface area contributed by atoms with Crippen molar-refractivity contribution in [2.45, 2.75) is 62.6 Å². The third kappa shape index (κ3) is 3.50. The first-order valence-corrected chi connectivity index (χ1v) is 12.1. The van der Waals surface area contributed by atoms with Crippen molar-refractivity contribution < 1.29 is 13.2 Å². The van der Waals surface area contributed by atoms with Gasteiger partial charge in [0.15, 0.2) is 5.03 Å². The minimum Gasteiger partial charge on any atom is -0.307 e. The molecule has 1 aliphatic heterocycles. The first kappa shape index (κ1) is 19.6. The lowest BCUT2D eigenvalue weighted by atomic mass is 9.99. The summed E-state index contributed by atoms with van der Waals surface area (Å²) in [6, 6.07) is 3.36. The molecule has 1 fully saturated rings. The number of aryl methyl sites for hydroxylation is 2. The number of likely N-dealkylation sites (N-methyl/N-ethyl adjacent to an activating group) is 1. The molecule has 1 aromatic carbocycles. The van der Waals surface area contributed by atoms with Crippen LogP contribution in [0.1, 0.15) is 41.5 Å². The Morgan fingerprint density at radius 1 is 1.17 bits per heavy atom. The second-order valence-corrected chi connectivity index (χ2v) is 10.2. The Morgan fingerprint density at radius 3 is 2.47 bits per heavy atom. The quantitative estimate of drug-likeness (QED) is 0.759. The van der Waals surface area contributed by atoms with Gasteiger partial charge >= 0.3 is 6.03 Å². The van der Waals surface area contributed by atoms with Crippen molar-refractivity contribution in [1.29, 1.82) is 0 Å². The average molecular weight is 430 g/mol. The van der Waals surface area contributed by atoms with E-state index in [-0.39, 0.29) is 5.03 Å². The van der Waals surface area contributed by atoms with Crippen molar-refractivity contribution in [3.8, 4) is 0 Å². The standard InChI is InChI=1S/C21H27N5O3S/c1-25-10-8-16(25)13-26-11-9-19(23-26)30(28,29)24-21(27)22-20-17-6-2-4-14(17)12-15-5-3-7-18(15)20/h9,11-12,16H,2-8,10,13H2,1H3,(H2,22,24,27). The lowest BCUT2D eigenvalue weighted by molar-refractivity contribution is 0.106. The highest BCUT2D eigenvalue weighted by Crippen LogP contribution is 2.38. The molecule has 2 aliphatic carbocycles. The van der Waals surface area contributed by atoms with Crippen LogP contribution in [-0.4, -0.2) is 48.8 Å². The van der Waals surface area contributed by atoms with Crippen molar-refractivity contribution in [3.05, 3.63) is 40.6 Å².